The van der Waals surface area contributed by atoms with Gasteiger partial charge in [0.15, 0.2) is 11.5 Å². The van der Waals surface area contributed by atoms with Crippen LogP contribution in [0.3, 0.4) is 0 Å². The number of likely N-dealkylation sites (tertiary alicyclic amines) is 1. The molecule has 4 nitrogen and oxygen atoms in total. The molecule has 2 aromatic carbocycles. The average molecular weight is 458 g/mol. The molecule has 3 rings (SSSR count). The molecule has 1 N–H and O–H groups in total. The van der Waals surface area contributed by atoms with Crippen molar-refractivity contribution in [3.8, 4) is 11.5 Å². The van der Waals surface area contributed by atoms with E-state index in [4.69, 9.17) is 44.3 Å². The van der Waals surface area contributed by atoms with E-state index in [-0.39, 0.29) is 6.61 Å². The van der Waals surface area contributed by atoms with Gasteiger partial charge < -0.3 is 14.8 Å². The molecule has 0 saturated carbocycles. The Morgan fingerprint density at radius 2 is 1.90 bits per heavy atom. The van der Waals surface area contributed by atoms with Crippen molar-refractivity contribution in [3.05, 3.63) is 56.5 Å². The Balaban J connectivity index is 1.64. The molecule has 2 aromatic rings. The number of benzene rings is 2. The van der Waals surface area contributed by atoms with Gasteiger partial charge in [0.25, 0.3) is 0 Å². The summed E-state index contributed by atoms with van der Waals surface area (Å²) < 4.78 is 11.4. The van der Waals surface area contributed by atoms with Crippen LogP contribution in [0.2, 0.25) is 15.1 Å². The Labute approximate surface area is 188 Å². The molecule has 0 amide bonds. The Bertz CT molecular complexity index is 812. The predicted octanol–water partition coefficient (Wildman–Crippen LogP) is 5.81. The van der Waals surface area contributed by atoms with Crippen LogP contribution in [-0.2, 0) is 13.2 Å². The molecule has 0 aliphatic carbocycles. The van der Waals surface area contributed by atoms with E-state index < -0.39 is 0 Å². The van der Waals surface area contributed by atoms with Crippen molar-refractivity contribution in [2.24, 2.45) is 0 Å². The molecule has 1 aliphatic rings. The number of nitrogens with zero attached hydrogens (tertiary/aromatic N) is 1. The van der Waals surface area contributed by atoms with Crippen molar-refractivity contribution in [3.63, 3.8) is 0 Å². The van der Waals surface area contributed by atoms with Gasteiger partial charge in [0.2, 0.25) is 0 Å². The SMILES string of the molecule is CCN1CCCC1CNCc1cc(Cl)c(OCc2c(Cl)cccc2Cl)c(OC)c1. The van der Waals surface area contributed by atoms with E-state index in [1.807, 2.05) is 12.1 Å². The number of hydrogen-bond donors (Lipinski definition) is 1. The molecule has 29 heavy (non-hydrogen) atoms. The first-order valence-corrected chi connectivity index (χ1v) is 11.0. The maximum Gasteiger partial charge on any atom is 0.180 e. The molecule has 1 fully saturated rings. The average Bonchev–Trinajstić information content (AvgIpc) is 3.16. The maximum atomic E-state index is 6.50. The molecule has 1 atom stereocenters. The lowest BCUT2D eigenvalue weighted by molar-refractivity contribution is 0.260. The third kappa shape index (κ3) is 5.71. The summed E-state index contributed by atoms with van der Waals surface area (Å²) in [5.41, 5.74) is 1.77. The van der Waals surface area contributed by atoms with Crippen LogP contribution in [0.25, 0.3) is 0 Å². The predicted molar refractivity (Wildman–Crippen MR) is 121 cm³/mol. The molecule has 0 aromatic heterocycles. The molecule has 0 spiro atoms. The molecular weight excluding hydrogens is 431 g/mol. The fourth-order valence-corrected chi connectivity index (χ4v) is 4.55. The fraction of sp³-hybridized carbons (Fsp3) is 0.455. The fourth-order valence-electron chi connectivity index (χ4n) is 3.76. The topological polar surface area (TPSA) is 33.7 Å². The first kappa shape index (κ1) is 22.5. The molecule has 1 aliphatic heterocycles. The van der Waals surface area contributed by atoms with Gasteiger partial charge in [-0.1, -0.05) is 47.8 Å². The van der Waals surface area contributed by atoms with Gasteiger partial charge >= 0.3 is 0 Å². The Morgan fingerprint density at radius 1 is 1.14 bits per heavy atom. The van der Waals surface area contributed by atoms with Crippen LogP contribution < -0.4 is 14.8 Å². The quantitative estimate of drug-likeness (QED) is 0.515. The van der Waals surface area contributed by atoms with Crippen molar-refractivity contribution < 1.29 is 9.47 Å². The minimum Gasteiger partial charge on any atom is -0.493 e. The summed E-state index contributed by atoms with van der Waals surface area (Å²) in [5.74, 6) is 1.08. The summed E-state index contributed by atoms with van der Waals surface area (Å²) in [6.45, 7) is 6.42. The smallest absolute Gasteiger partial charge is 0.180 e. The number of likely N-dealkylation sites (N-methyl/N-ethyl adjacent to an activating group) is 1. The van der Waals surface area contributed by atoms with E-state index in [1.54, 1.807) is 25.3 Å². The van der Waals surface area contributed by atoms with Crippen LogP contribution in [0, 0.1) is 0 Å². The van der Waals surface area contributed by atoms with Gasteiger partial charge in [-0.15, -0.1) is 0 Å². The lowest BCUT2D eigenvalue weighted by Gasteiger charge is -2.23. The van der Waals surface area contributed by atoms with Crippen LogP contribution >= 0.6 is 34.8 Å². The molecule has 7 heteroatoms. The zero-order valence-corrected chi connectivity index (χ0v) is 19.1. The monoisotopic (exact) mass is 456 g/mol. The molecule has 0 radical (unpaired) electrons. The Morgan fingerprint density at radius 3 is 2.59 bits per heavy atom. The summed E-state index contributed by atoms with van der Waals surface area (Å²) in [6, 6.07) is 9.84. The minimum absolute atomic E-state index is 0.209. The van der Waals surface area contributed by atoms with E-state index >= 15 is 0 Å². The second-order valence-electron chi connectivity index (χ2n) is 7.15. The second kappa shape index (κ2) is 10.7. The molecular formula is C22H27Cl3N2O2. The summed E-state index contributed by atoms with van der Waals surface area (Å²) in [4.78, 5) is 2.53. The van der Waals surface area contributed by atoms with Gasteiger partial charge in [-0.2, -0.15) is 0 Å². The van der Waals surface area contributed by atoms with E-state index in [0.29, 0.717) is 32.6 Å². The van der Waals surface area contributed by atoms with E-state index in [9.17, 15) is 0 Å². The highest BCUT2D eigenvalue weighted by Gasteiger charge is 2.22. The number of methoxy groups -OCH3 is 1. The molecule has 1 unspecified atom stereocenters. The summed E-state index contributed by atoms with van der Waals surface area (Å²) in [6.07, 6.45) is 2.53. The highest BCUT2D eigenvalue weighted by atomic mass is 35.5. The van der Waals surface area contributed by atoms with Gasteiger partial charge in [-0.3, -0.25) is 4.90 Å². The molecule has 1 saturated heterocycles. The van der Waals surface area contributed by atoms with E-state index in [2.05, 4.69) is 17.1 Å². The highest BCUT2D eigenvalue weighted by molar-refractivity contribution is 6.36. The number of rotatable bonds is 9. The van der Waals surface area contributed by atoms with Gasteiger partial charge in [-0.25, -0.2) is 0 Å². The number of nitrogens with one attached hydrogen (secondary N) is 1. The standard InChI is InChI=1S/C22H27Cl3N2O2/c1-3-27-9-5-6-16(27)13-26-12-15-10-20(25)22(21(11-15)28-2)29-14-17-18(23)7-4-8-19(17)24/h4,7-8,10-11,16,26H,3,5-6,9,12-14H2,1-2H3. The number of halogens is 3. The van der Waals surface area contributed by atoms with Crippen LogP contribution in [0.5, 0.6) is 11.5 Å². The van der Waals surface area contributed by atoms with Gasteiger partial charge in [-0.05, 0) is 55.8 Å². The third-order valence-electron chi connectivity index (χ3n) is 5.33. The zero-order chi connectivity index (χ0) is 20.8. The van der Waals surface area contributed by atoms with Crippen LogP contribution in [0.15, 0.2) is 30.3 Å². The first-order chi connectivity index (χ1) is 14.0. The zero-order valence-electron chi connectivity index (χ0n) is 16.8. The molecule has 0 bridgehead atoms. The largest absolute Gasteiger partial charge is 0.493 e. The summed E-state index contributed by atoms with van der Waals surface area (Å²) in [5, 5.41) is 5.16. The minimum atomic E-state index is 0.209. The number of ether oxygens (including phenoxy) is 2. The number of hydrogen-bond acceptors (Lipinski definition) is 4. The highest BCUT2D eigenvalue weighted by Crippen LogP contribution is 2.38. The summed E-state index contributed by atoms with van der Waals surface area (Å²) >= 11 is 19.0. The van der Waals surface area contributed by atoms with Crippen molar-refractivity contribution in [1.82, 2.24) is 10.2 Å². The van der Waals surface area contributed by atoms with Crippen molar-refractivity contribution in [2.45, 2.75) is 39.0 Å². The van der Waals surface area contributed by atoms with E-state index in [1.165, 1.54) is 19.4 Å². The first-order valence-electron chi connectivity index (χ1n) is 9.90. The van der Waals surface area contributed by atoms with Crippen LogP contribution in [0.4, 0.5) is 0 Å². The normalized spacial score (nSPS) is 16.9. The summed E-state index contributed by atoms with van der Waals surface area (Å²) in [7, 11) is 1.61. The van der Waals surface area contributed by atoms with Gasteiger partial charge in [0.1, 0.15) is 6.61 Å². The third-order valence-corrected chi connectivity index (χ3v) is 6.32. The van der Waals surface area contributed by atoms with Crippen LogP contribution in [0.1, 0.15) is 30.9 Å². The van der Waals surface area contributed by atoms with Crippen molar-refractivity contribution in [1.29, 1.82) is 0 Å². The van der Waals surface area contributed by atoms with Gasteiger partial charge in [0, 0.05) is 34.7 Å². The molecule has 1 heterocycles. The Hall–Kier alpha value is -1.17. The Kier molecular flexibility index (Phi) is 8.34. The van der Waals surface area contributed by atoms with Crippen molar-refractivity contribution >= 4 is 34.8 Å². The molecule has 158 valence electrons. The lowest BCUT2D eigenvalue weighted by Crippen LogP contribution is -2.37. The van der Waals surface area contributed by atoms with Crippen molar-refractivity contribution in [2.75, 3.05) is 26.7 Å². The lowest BCUT2D eigenvalue weighted by atomic mass is 10.1. The second-order valence-corrected chi connectivity index (χ2v) is 8.38. The van der Waals surface area contributed by atoms with Crippen LogP contribution in [-0.4, -0.2) is 37.7 Å². The van der Waals surface area contributed by atoms with E-state index in [0.717, 1.165) is 30.8 Å². The van der Waals surface area contributed by atoms with Gasteiger partial charge in [0.05, 0.1) is 12.1 Å². The maximum absolute atomic E-state index is 6.50.